The number of nitrogens with zero attached hydrogens (tertiary/aromatic N) is 2. The minimum Gasteiger partial charge on any atom is -0.497 e. The Morgan fingerprint density at radius 1 is 1.03 bits per heavy atom. The second kappa shape index (κ2) is 9.97. The van der Waals surface area contributed by atoms with E-state index in [0.717, 1.165) is 39.0 Å². The fourth-order valence-corrected chi connectivity index (χ4v) is 4.04. The van der Waals surface area contributed by atoms with Gasteiger partial charge in [-0.1, -0.05) is 42.5 Å². The summed E-state index contributed by atoms with van der Waals surface area (Å²) in [6, 6.07) is 23.6. The predicted octanol–water partition coefficient (Wildman–Crippen LogP) is 4.33. The number of benzene rings is 3. The van der Waals surface area contributed by atoms with Crippen LogP contribution in [-0.2, 0) is 13.1 Å². The highest BCUT2D eigenvalue weighted by atomic mass is 32.1. The Hall–Kier alpha value is -3.84. The lowest BCUT2D eigenvalue weighted by atomic mass is 10.1. The molecule has 174 valence electrons. The van der Waals surface area contributed by atoms with E-state index >= 15 is 0 Å². The van der Waals surface area contributed by atoms with E-state index in [-0.39, 0.29) is 5.91 Å². The average Bonchev–Trinajstić information content (AvgIpc) is 3.20. The first-order valence-corrected chi connectivity index (χ1v) is 11.4. The third kappa shape index (κ3) is 5.05. The molecule has 0 spiro atoms. The van der Waals surface area contributed by atoms with Crippen LogP contribution in [0, 0.1) is 0 Å². The van der Waals surface area contributed by atoms with E-state index in [2.05, 4.69) is 5.32 Å². The van der Waals surface area contributed by atoms with Gasteiger partial charge < -0.3 is 25.3 Å². The van der Waals surface area contributed by atoms with Crippen LogP contribution in [0.3, 0.4) is 0 Å². The van der Waals surface area contributed by atoms with E-state index in [1.54, 1.807) is 7.11 Å². The number of amides is 1. The molecule has 0 saturated heterocycles. The molecule has 0 aliphatic heterocycles. The Bertz CT molecular complexity index is 1340. The van der Waals surface area contributed by atoms with E-state index < -0.39 is 0 Å². The molecular weight excluding hydrogens is 444 g/mol. The molecule has 7 heteroatoms. The summed E-state index contributed by atoms with van der Waals surface area (Å²) in [5.74, 6) is 0.592. The molecule has 4 rings (SSSR count). The normalized spacial score (nSPS) is 10.8. The number of fused-ring (bicyclic) bond motifs is 1. The van der Waals surface area contributed by atoms with Gasteiger partial charge in [-0.25, -0.2) is 0 Å². The topological polar surface area (TPSA) is 72.5 Å². The second-order valence-electron chi connectivity index (χ2n) is 8.35. The molecule has 1 amide bonds. The van der Waals surface area contributed by atoms with Crippen LogP contribution in [0.2, 0.25) is 0 Å². The van der Waals surface area contributed by atoms with Crippen molar-refractivity contribution in [1.29, 1.82) is 0 Å². The SMILES string of the molecule is COc1ccc2cc(C(=O)NCc3ccc(N(C)C)cc3)n(Cc3cccc(C(N)=S)c3)c2c1. The summed E-state index contributed by atoms with van der Waals surface area (Å²) in [4.78, 5) is 15.7. The van der Waals surface area contributed by atoms with Crippen LogP contribution < -0.4 is 20.7 Å². The number of aromatic nitrogens is 1. The van der Waals surface area contributed by atoms with Crippen LogP contribution in [0.5, 0.6) is 5.75 Å². The Kier molecular flexibility index (Phi) is 6.84. The molecule has 4 aromatic rings. The largest absolute Gasteiger partial charge is 0.497 e. The van der Waals surface area contributed by atoms with Crippen LogP contribution in [0.25, 0.3) is 10.9 Å². The molecule has 0 saturated carbocycles. The van der Waals surface area contributed by atoms with E-state index in [0.29, 0.717) is 23.8 Å². The average molecular weight is 473 g/mol. The molecule has 0 fully saturated rings. The molecule has 0 bridgehead atoms. The van der Waals surface area contributed by atoms with Crippen molar-refractivity contribution in [1.82, 2.24) is 9.88 Å². The lowest BCUT2D eigenvalue weighted by molar-refractivity contribution is 0.0942. The fourth-order valence-electron chi connectivity index (χ4n) is 3.91. The van der Waals surface area contributed by atoms with E-state index in [1.807, 2.05) is 96.4 Å². The number of ether oxygens (including phenoxy) is 1. The number of hydrogen-bond acceptors (Lipinski definition) is 4. The number of carbonyl (C=O) groups is 1. The van der Waals surface area contributed by atoms with Gasteiger partial charge in [-0.15, -0.1) is 0 Å². The number of carbonyl (C=O) groups excluding carboxylic acids is 1. The summed E-state index contributed by atoms with van der Waals surface area (Å²) in [6.45, 7) is 0.932. The number of methoxy groups -OCH3 is 1. The summed E-state index contributed by atoms with van der Waals surface area (Å²) in [5.41, 5.74) is 11.3. The van der Waals surface area contributed by atoms with Crippen LogP contribution >= 0.6 is 12.2 Å². The molecule has 1 aromatic heterocycles. The number of hydrogen-bond donors (Lipinski definition) is 2. The van der Waals surface area contributed by atoms with Gasteiger partial charge in [0.25, 0.3) is 5.91 Å². The van der Waals surface area contributed by atoms with Gasteiger partial charge in [0.2, 0.25) is 0 Å². The highest BCUT2D eigenvalue weighted by molar-refractivity contribution is 7.80. The summed E-state index contributed by atoms with van der Waals surface area (Å²) in [6.07, 6.45) is 0. The first kappa shape index (κ1) is 23.3. The summed E-state index contributed by atoms with van der Waals surface area (Å²) >= 11 is 5.14. The number of rotatable bonds is 8. The number of nitrogens with two attached hydrogens (primary N) is 1. The minimum atomic E-state index is -0.141. The fraction of sp³-hybridized carbons (Fsp3) is 0.185. The first-order valence-electron chi connectivity index (χ1n) is 11.0. The molecule has 0 aliphatic rings. The molecule has 6 nitrogen and oxygen atoms in total. The van der Waals surface area contributed by atoms with Gasteiger partial charge in [0.1, 0.15) is 16.4 Å². The Morgan fingerprint density at radius 2 is 1.79 bits per heavy atom. The van der Waals surface area contributed by atoms with Crippen molar-refractivity contribution in [2.24, 2.45) is 5.73 Å². The molecule has 34 heavy (non-hydrogen) atoms. The van der Waals surface area contributed by atoms with Crippen molar-refractivity contribution >= 4 is 39.7 Å². The van der Waals surface area contributed by atoms with Crippen molar-refractivity contribution in [2.45, 2.75) is 13.1 Å². The van der Waals surface area contributed by atoms with Crippen molar-refractivity contribution < 1.29 is 9.53 Å². The van der Waals surface area contributed by atoms with Crippen molar-refractivity contribution in [3.8, 4) is 5.75 Å². The van der Waals surface area contributed by atoms with E-state index in [1.165, 1.54) is 0 Å². The van der Waals surface area contributed by atoms with Gasteiger partial charge in [-0.05, 0) is 47.5 Å². The lowest BCUT2D eigenvalue weighted by Crippen LogP contribution is -2.25. The lowest BCUT2D eigenvalue weighted by Gasteiger charge is -2.14. The third-order valence-corrected chi connectivity index (χ3v) is 6.04. The molecule has 0 atom stereocenters. The van der Waals surface area contributed by atoms with E-state index in [4.69, 9.17) is 22.7 Å². The van der Waals surface area contributed by atoms with Gasteiger partial charge in [-0.2, -0.15) is 0 Å². The van der Waals surface area contributed by atoms with Crippen LogP contribution in [0.15, 0.2) is 72.8 Å². The van der Waals surface area contributed by atoms with Crippen molar-refractivity contribution in [3.63, 3.8) is 0 Å². The molecule has 3 N–H and O–H groups in total. The smallest absolute Gasteiger partial charge is 0.268 e. The summed E-state index contributed by atoms with van der Waals surface area (Å²) in [5, 5.41) is 4.03. The van der Waals surface area contributed by atoms with Gasteiger partial charge in [-0.3, -0.25) is 4.79 Å². The predicted molar refractivity (Wildman–Crippen MR) is 142 cm³/mol. The molecule has 3 aromatic carbocycles. The Labute approximate surface area is 204 Å². The maximum absolute atomic E-state index is 13.3. The molecule has 0 aliphatic carbocycles. The number of anilines is 1. The first-order chi connectivity index (χ1) is 16.4. The molecular formula is C27H28N4O2S. The van der Waals surface area contributed by atoms with Gasteiger partial charge >= 0.3 is 0 Å². The Morgan fingerprint density at radius 3 is 2.47 bits per heavy atom. The quantitative estimate of drug-likeness (QED) is 0.374. The zero-order valence-corrected chi connectivity index (χ0v) is 20.4. The van der Waals surface area contributed by atoms with Crippen LogP contribution in [-0.4, -0.2) is 36.7 Å². The zero-order valence-electron chi connectivity index (χ0n) is 19.5. The third-order valence-electron chi connectivity index (χ3n) is 5.80. The maximum Gasteiger partial charge on any atom is 0.268 e. The number of nitrogens with one attached hydrogen (secondary N) is 1. The Balaban J connectivity index is 1.65. The maximum atomic E-state index is 13.3. The van der Waals surface area contributed by atoms with Gasteiger partial charge in [0.05, 0.1) is 12.6 Å². The zero-order chi connectivity index (χ0) is 24.2. The van der Waals surface area contributed by atoms with Crippen molar-refractivity contribution in [2.75, 3.05) is 26.1 Å². The van der Waals surface area contributed by atoms with E-state index in [9.17, 15) is 4.79 Å². The van der Waals surface area contributed by atoms with Crippen molar-refractivity contribution in [3.05, 3.63) is 95.2 Å². The molecule has 0 unspecified atom stereocenters. The summed E-state index contributed by atoms with van der Waals surface area (Å²) in [7, 11) is 5.64. The second-order valence-corrected chi connectivity index (χ2v) is 8.79. The highest BCUT2D eigenvalue weighted by Crippen LogP contribution is 2.26. The number of thiocarbonyl (C=S) groups is 1. The molecule has 0 radical (unpaired) electrons. The van der Waals surface area contributed by atoms with Crippen LogP contribution in [0.1, 0.15) is 27.2 Å². The highest BCUT2D eigenvalue weighted by Gasteiger charge is 2.17. The van der Waals surface area contributed by atoms with Crippen LogP contribution in [0.4, 0.5) is 5.69 Å². The molecule has 1 heterocycles. The van der Waals surface area contributed by atoms with Gasteiger partial charge in [0.15, 0.2) is 0 Å². The standard InChI is InChI=1S/C27H28N4O2S/c1-30(2)22-10-7-18(8-11-22)16-29-27(32)25-14-20-9-12-23(33-3)15-24(20)31(25)17-19-5-4-6-21(13-19)26(28)34/h4-15H,16-17H2,1-3H3,(H2,28,34)(H,29,32). The van der Waals surface area contributed by atoms with Gasteiger partial charge in [0, 0.05) is 49.9 Å². The monoisotopic (exact) mass is 472 g/mol. The minimum absolute atomic E-state index is 0.141. The summed E-state index contributed by atoms with van der Waals surface area (Å²) < 4.78 is 7.43.